The van der Waals surface area contributed by atoms with Crippen molar-refractivity contribution >= 4 is 0 Å². The topological polar surface area (TPSA) is 59.4 Å². The Bertz CT molecular complexity index is 1540. The fourth-order valence-corrected chi connectivity index (χ4v) is 5.74. The number of aromatic amines is 1. The van der Waals surface area contributed by atoms with E-state index in [2.05, 4.69) is 149 Å². The second kappa shape index (κ2) is 10.5. The van der Waals surface area contributed by atoms with Crippen LogP contribution < -0.4 is 0 Å². The van der Waals surface area contributed by atoms with Gasteiger partial charge in [0.1, 0.15) is 5.54 Å². The van der Waals surface area contributed by atoms with Crippen LogP contribution in [0, 0.1) is 13.8 Å². The Kier molecular flexibility index (Phi) is 6.64. The van der Waals surface area contributed by atoms with Gasteiger partial charge in [-0.2, -0.15) is 15.4 Å². The molecular formula is C34H31N5. The molecule has 5 nitrogen and oxygen atoms in total. The molecule has 1 unspecified atom stereocenters. The summed E-state index contributed by atoms with van der Waals surface area (Å²) >= 11 is 0. The Hall–Kier alpha value is -4.77. The maximum absolute atomic E-state index is 5.09. The Labute approximate surface area is 229 Å². The van der Waals surface area contributed by atoms with Crippen molar-refractivity contribution in [2.45, 2.75) is 31.7 Å². The average Bonchev–Trinajstić information content (AvgIpc) is 3.69. The lowest BCUT2D eigenvalue weighted by atomic mass is 9.76. The zero-order valence-corrected chi connectivity index (χ0v) is 22.2. The normalized spacial score (nSPS) is 12.4. The Morgan fingerprint density at radius 2 is 1.33 bits per heavy atom. The van der Waals surface area contributed by atoms with Crippen molar-refractivity contribution in [3.63, 3.8) is 0 Å². The van der Waals surface area contributed by atoms with Gasteiger partial charge < -0.3 is 4.57 Å². The zero-order chi connectivity index (χ0) is 26.7. The zero-order valence-electron chi connectivity index (χ0n) is 22.2. The second-order valence-corrected chi connectivity index (χ2v) is 10.0. The van der Waals surface area contributed by atoms with Crippen LogP contribution in [0.25, 0.3) is 0 Å². The number of H-pyrrole nitrogens is 1. The van der Waals surface area contributed by atoms with Crippen LogP contribution in [0.4, 0.5) is 0 Å². The maximum atomic E-state index is 5.09. The number of aromatic nitrogens is 5. The third kappa shape index (κ3) is 4.46. The summed E-state index contributed by atoms with van der Waals surface area (Å²) in [6.07, 6.45) is 6.72. The third-order valence-electron chi connectivity index (χ3n) is 7.82. The monoisotopic (exact) mass is 509 g/mol. The fraction of sp³-hybridized carbons (Fsp3) is 0.147. The number of nitrogens with one attached hydrogen (secondary N) is 1. The quantitative estimate of drug-likeness (QED) is 0.229. The highest BCUT2D eigenvalue weighted by atomic mass is 15.3. The molecule has 0 fully saturated rings. The summed E-state index contributed by atoms with van der Waals surface area (Å²) in [7, 11) is 0. The van der Waals surface area contributed by atoms with Gasteiger partial charge in [-0.3, -0.25) is 0 Å². The molecule has 0 saturated carbocycles. The minimum atomic E-state index is -0.602. The van der Waals surface area contributed by atoms with Crippen molar-refractivity contribution < 1.29 is 0 Å². The summed E-state index contributed by atoms with van der Waals surface area (Å²) in [5.41, 5.74) is 8.63. The Balaban J connectivity index is 1.58. The van der Waals surface area contributed by atoms with Crippen LogP contribution in [-0.4, -0.2) is 25.0 Å². The molecular weight excluding hydrogens is 478 g/mol. The summed E-state index contributed by atoms with van der Waals surface area (Å²) < 4.78 is 2.28. The molecule has 0 spiro atoms. The molecule has 1 N–H and O–H groups in total. The van der Waals surface area contributed by atoms with Crippen LogP contribution in [0.15, 0.2) is 128 Å². The Morgan fingerprint density at radius 1 is 0.744 bits per heavy atom. The number of benzene rings is 4. The highest BCUT2D eigenvalue weighted by Gasteiger charge is 2.39. The largest absolute Gasteiger partial charge is 0.319 e. The van der Waals surface area contributed by atoms with E-state index in [-0.39, 0.29) is 5.92 Å². The third-order valence-corrected chi connectivity index (χ3v) is 7.82. The molecule has 0 saturated heterocycles. The van der Waals surface area contributed by atoms with Crippen molar-refractivity contribution in [3.8, 4) is 0 Å². The molecule has 0 aliphatic rings. The van der Waals surface area contributed by atoms with E-state index in [1.54, 1.807) is 6.20 Å². The first-order valence-corrected chi connectivity index (χ1v) is 13.3. The SMILES string of the molecule is Cc1cccc(C(Cc2cn[nH]n2)c2cn(C(c3ccccc3)(c3ccccc3)c3ccccc3)cn2)c1C. The van der Waals surface area contributed by atoms with E-state index >= 15 is 0 Å². The first kappa shape index (κ1) is 24.6. The molecule has 0 amide bonds. The predicted molar refractivity (Wildman–Crippen MR) is 155 cm³/mol. The van der Waals surface area contributed by atoms with Crippen LogP contribution in [0.5, 0.6) is 0 Å². The van der Waals surface area contributed by atoms with Crippen LogP contribution in [0.1, 0.15) is 50.7 Å². The smallest absolute Gasteiger partial charge is 0.121 e. The molecule has 2 heterocycles. The summed E-state index contributed by atoms with van der Waals surface area (Å²) in [5, 5.41) is 11.2. The molecule has 0 bridgehead atoms. The lowest BCUT2D eigenvalue weighted by Crippen LogP contribution is -2.37. The molecule has 6 rings (SSSR count). The predicted octanol–water partition coefficient (Wildman–Crippen LogP) is 6.83. The van der Waals surface area contributed by atoms with Gasteiger partial charge in [0.05, 0.1) is 23.9 Å². The van der Waals surface area contributed by atoms with Gasteiger partial charge in [0.25, 0.3) is 0 Å². The van der Waals surface area contributed by atoms with Crippen LogP contribution in [0.2, 0.25) is 0 Å². The van der Waals surface area contributed by atoms with Gasteiger partial charge in [-0.15, -0.1) is 0 Å². The summed E-state index contributed by atoms with van der Waals surface area (Å²) in [5.74, 6) is 0.0243. The van der Waals surface area contributed by atoms with Crippen LogP contribution >= 0.6 is 0 Å². The van der Waals surface area contributed by atoms with Gasteiger partial charge in [-0.05, 0) is 47.2 Å². The number of imidazole rings is 1. The van der Waals surface area contributed by atoms with E-state index in [4.69, 9.17) is 4.98 Å². The van der Waals surface area contributed by atoms with E-state index in [1.807, 2.05) is 6.33 Å². The first-order valence-electron chi connectivity index (χ1n) is 13.3. The van der Waals surface area contributed by atoms with Crippen molar-refractivity contribution in [2.75, 3.05) is 0 Å². The first-order chi connectivity index (χ1) is 19.2. The Morgan fingerprint density at radius 3 is 1.87 bits per heavy atom. The van der Waals surface area contributed by atoms with Crippen molar-refractivity contribution in [1.29, 1.82) is 0 Å². The maximum Gasteiger partial charge on any atom is 0.121 e. The summed E-state index contributed by atoms with van der Waals surface area (Å²) in [6.45, 7) is 4.36. The van der Waals surface area contributed by atoms with E-state index in [9.17, 15) is 0 Å². The highest BCUT2D eigenvalue weighted by molar-refractivity contribution is 5.51. The minimum absolute atomic E-state index is 0.0243. The fourth-order valence-electron chi connectivity index (χ4n) is 5.74. The number of aryl methyl sites for hydroxylation is 1. The van der Waals surface area contributed by atoms with Gasteiger partial charge >= 0.3 is 0 Å². The average molecular weight is 510 g/mol. The van der Waals surface area contributed by atoms with Gasteiger partial charge in [-0.1, -0.05) is 109 Å². The molecule has 0 aliphatic carbocycles. The molecule has 1 atom stereocenters. The minimum Gasteiger partial charge on any atom is -0.319 e. The summed E-state index contributed by atoms with van der Waals surface area (Å²) in [6, 6.07) is 38.6. The van der Waals surface area contributed by atoms with E-state index in [0.717, 1.165) is 11.4 Å². The van der Waals surface area contributed by atoms with E-state index in [1.165, 1.54) is 33.4 Å². The molecule has 4 aromatic carbocycles. The van der Waals surface area contributed by atoms with E-state index in [0.29, 0.717) is 6.42 Å². The van der Waals surface area contributed by atoms with E-state index < -0.39 is 5.54 Å². The standard InChI is InChI=1S/C34H31N5/c1-25-13-12-20-31(26(25)2)32(21-30-22-36-38-37-30)33-23-39(24-35-33)34(27-14-6-3-7-15-27,28-16-8-4-9-17-28)29-18-10-5-11-19-29/h3-20,22-24,32H,21H2,1-2H3,(H,36,37,38). The lowest BCUT2D eigenvalue weighted by molar-refractivity contribution is 0.514. The van der Waals surface area contributed by atoms with Crippen molar-refractivity contribution in [3.05, 3.63) is 173 Å². The lowest BCUT2D eigenvalue weighted by Gasteiger charge is -2.37. The van der Waals surface area contributed by atoms with Gasteiger partial charge in [-0.25, -0.2) is 4.98 Å². The molecule has 192 valence electrons. The van der Waals surface area contributed by atoms with Crippen molar-refractivity contribution in [1.82, 2.24) is 25.0 Å². The van der Waals surface area contributed by atoms with Gasteiger partial charge in [0.15, 0.2) is 0 Å². The molecule has 2 aromatic heterocycles. The molecule has 39 heavy (non-hydrogen) atoms. The number of rotatable bonds is 8. The molecule has 0 radical (unpaired) electrons. The summed E-state index contributed by atoms with van der Waals surface area (Å²) in [4.78, 5) is 5.09. The van der Waals surface area contributed by atoms with Gasteiger partial charge in [0.2, 0.25) is 0 Å². The van der Waals surface area contributed by atoms with Gasteiger partial charge in [0, 0.05) is 18.5 Å². The highest BCUT2D eigenvalue weighted by Crippen LogP contribution is 2.42. The second-order valence-electron chi connectivity index (χ2n) is 10.0. The van der Waals surface area contributed by atoms with Crippen molar-refractivity contribution in [2.24, 2.45) is 0 Å². The molecule has 0 aliphatic heterocycles. The number of nitrogens with zero attached hydrogens (tertiary/aromatic N) is 4. The number of hydrogen-bond acceptors (Lipinski definition) is 3. The van der Waals surface area contributed by atoms with Crippen LogP contribution in [0.3, 0.4) is 0 Å². The number of hydrogen-bond donors (Lipinski definition) is 1. The van der Waals surface area contributed by atoms with Crippen LogP contribution in [-0.2, 0) is 12.0 Å². The molecule has 6 aromatic rings. The molecule has 5 heteroatoms.